The number of hydrogen-bond acceptors (Lipinski definition) is 5. The molecule has 2 heterocycles. The van der Waals surface area contributed by atoms with Gasteiger partial charge >= 0.3 is 0 Å². The molecule has 1 fully saturated rings. The number of aromatic nitrogens is 2. The predicted octanol–water partition coefficient (Wildman–Crippen LogP) is 2.98. The van der Waals surface area contributed by atoms with Gasteiger partial charge in [0.15, 0.2) is 0 Å². The molecule has 18 heavy (non-hydrogen) atoms. The standard InChI is InChI=1S/C13H24N4S/c1-4-13(5-2)7-8-17(10-13)9-11-12(14-6-3)18-16-15-11/h14H,4-10H2,1-3H3. The fourth-order valence-electron chi connectivity index (χ4n) is 2.81. The van der Waals surface area contributed by atoms with Gasteiger partial charge in [0.2, 0.25) is 0 Å². The Balaban J connectivity index is 1.97. The van der Waals surface area contributed by atoms with Crippen molar-refractivity contribution in [2.75, 3.05) is 25.0 Å². The van der Waals surface area contributed by atoms with Gasteiger partial charge in [0.1, 0.15) is 10.7 Å². The van der Waals surface area contributed by atoms with Gasteiger partial charge in [-0.3, -0.25) is 4.90 Å². The molecule has 0 amide bonds. The lowest BCUT2D eigenvalue weighted by Gasteiger charge is -2.26. The second kappa shape index (κ2) is 5.97. The van der Waals surface area contributed by atoms with E-state index in [0.29, 0.717) is 5.41 Å². The van der Waals surface area contributed by atoms with Gasteiger partial charge in [-0.1, -0.05) is 18.3 Å². The van der Waals surface area contributed by atoms with Crippen LogP contribution >= 0.6 is 11.5 Å². The van der Waals surface area contributed by atoms with Gasteiger partial charge in [0, 0.05) is 31.2 Å². The van der Waals surface area contributed by atoms with E-state index >= 15 is 0 Å². The molecule has 1 N–H and O–H groups in total. The fraction of sp³-hybridized carbons (Fsp3) is 0.846. The van der Waals surface area contributed by atoms with Gasteiger partial charge in [-0.25, -0.2) is 0 Å². The van der Waals surface area contributed by atoms with Crippen LogP contribution in [0.3, 0.4) is 0 Å². The summed E-state index contributed by atoms with van der Waals surface area (Å²) >= 11 is 1.47. The van der Waals surface area contributed by atoms with Crippen molar-refractivity contribution in [1.82, 2.24) is 14.5 Å². The lowest BCUT2D eigenvalue weighted by Crippen LogP contribution is -2.26. The van der Waals surface area contributed by atoms with Crippen molar-refractivity contribution >= 4 is 16.5 Å². The van der Waals surface area contributed by atoms with Crippen molar-refractivity contribution in [3.8, 4) is 0 Å². The highest BCUT2D eigenvalue weighted by Gasteiger charge is 2.35. The zero-order chi connectivity index (χ0) is 13.0. The largest absolute Gasteiger partial charge is 0.374 e. The molecule has 1 aromatic heterocycles. The van der Waals surface area contributed by atoms with Gasteiger partial charge in [0.25, 0.3) is 0 Å². The van der Waals surface area contributed by atoms with E-state index in [1.54, 1.807) is 0 Å². The van der Waals surface area contributed by atoms with Crippen molar-refractivity contribution in [2.24, 2.45) is 5.41 Å². The van der Waals surface area contributed by atoms with Crippen LogP contribution < -0.4 is 5.32 Å². The summed E-state index contributed by atoms with van der Waals surface area (Å²) in [5.74, 6) is 0. The second-order valence-corrected chi connectivity index (χ2v) is 6.00. The van der Waals surface area contributed by atoms with Crippen LogP contribution in [0.15, 0.2) is 0 Å². The molecule has 4 nitrogen and oxygen atoms in total. The lowest BCUT2D eigenvalue weighted by atomic mass is 9.82. The molecule has 0 spiro atoms. The molecule has 0 atom stereocenters. The average Bonchev–Trinajstić information content (AvgIpc) is 2.99. The molecule has 1 saturated heterocycles. The summed E-state index contributed by atoms with van der Waals surface area (Å²) in [7, 11) is 0. The normalized spacial score (nSPS) is 19.3. The molecule has 0 saturated carbocycles. The minimum atomic E-state index is 0.543. The van der Waals surface area contributed by atoms with Crippen LogP contribution in [-0.2, 0) is 6.54 Å². The van der Waals surface area contributed by atoms with E-state index in [-0.39, 0.29) is 0 Å². The summed E-state index contributed by atoms with van der Waals surface area (Å²) in [6.07, 6.45) is 3.90. The van der Waals surface area contributed by atoms with Crippen LogP contribution in [0.25, 0.3) is 0 Å². The van der Waals surface area contributed by atoms with E-state index in [9.17, 15) is 0 Å². The van der Waals surface area contributed by atoms with Crippen LogP contribution in [0, 0.1) is 5.41 Å². The van der Waals surface area contributed by atoms with E-state index in [2.05, 4.69) is 40.6 Å². The monoisotopic (exact) mass is 268 g/mol. The smallest absolute Gasteiger partial charge is 0.134 e. The molecule has 102 valence electrons. The van der Waals surface area contributed by atoms with Crippen molar-refractivity contribution < 1.29 is 0 Å². The lowest BCUT2D eigenvalue weighted by molar-refractivity contribution is 0.235. The first-order valence-electron chi connectivity index (χ1n) is 7.00. The van der Waals surface area contributed by atoms with Crippen molar-refractivity contribution in [3.63, 3.8) is 0 Å². The van der Waals surface area contributed by atoms with Crippen molar-refractivity contribution in [3.05, 3.63) is 5.69 Å². The Labute approximate surface area is 114 Å². The van der Waals surface area contributed by atoms with Crippen molar-refractivity contribution in [1.29, 1.82) is 0 Å². The third-order valence-corrected chi connectivity index (χ3v) is 5.01. The molecular formula is C13H24N4S. The molecule has 1 aromatic rings. The maximum Gasteiger partial charge on any atom is 0.134 e. The van der Waals surface area contributed by atoms with E-state index in [4.69, 9.17) is 0 Å². The number of hydrogen-bond donors (Lipinski definition) is 1. The van der Waals surface area contributed by atoms with Crippen molar-refractivity contribution in [2.45, 2.75) is 46.6 Å². The van der Waals surface area contributed by atoms with Gasteiger partial charge < -0.3 is 5.32 Å². The minimum absolute atomic E-state index is 0.543. The van der Waals surface area contributed by atoms with E-state index in [1.165, 1.54) is 43.9 Å². The first-order chi connectivity index (χ1) is 8.73. The van der Waals surface area contributed by atoms with Crippen LogP contribution in [-0.4, -0.2) is 34.1 Å². The Bertz CT molecular complexity index is 373. The minimum Gasteiger partial charge on any atom is -0.374 e. The van der Waals surface area contributed by atoms with Crippen LogP contribution in [0.4, 0.5) is 5.00 Å². The van der Waals surface area contributed by atoms with Crippen LogP contribution in [0.5, 0.6) is 0 Å². The van der Waals surface area contributed by atoms with E-state index < -0.39 is 0 Å². The Kier molecular flexibility index (Phi) is 4.56. The SMILES string of the molecule is CCNc1snnc1CN1CCC(CC)(CC)C1. The maximum absolute atomic E-state index is 4.26. The molecule has 0 bridgehead atoms. The summed E-state index contributed by atoms with van der Waals surface area (Å²) in [4.78, 5) is 2.53. The first-order valence-corrected chi connectivity index (χ1v) is 7.78. The highest BCUT2D eigenvalue weighted by Crippen LogP contribution is 2.37. The number of anilines is 1. The Morgan fingerprint density at radius 1 is 1.33 bits per heavy atom. The highest BCUT2D eigenvalue weighted by molar-refractivity contribution is 7.10. The number of rotatable bonds is 6. The molecule has 0 radical (unpaired) electrons. The van der Waals surface area contributed by atoms with Gasteiger partial charge in [-0.2, -0.15) is 0 Å². The second-order valence-electron chi connectivity index (χ2n) is 5.25. The third-order valence-electron chi connectivity index (χ3n) is 4.28. The maximum atomic E-state index is 4.26. The fourth-order valence-corrected chi connectivity index (χ4v) is 3.45. The number of nitrogens with one attached hydrogen (secondary N) is 1. The predicted molar refractivity (Wildman–Crippen MR) is 77.0 cm³/mol. The summed E-state index contributed by atoms with van der Waals surface area (Å²) in [6, 6.07) is 0. The zero-order valence-electron chi connectivity index (χ0n) is 11.7. The van der Waals surface area contributed by atoms with Gasteiger partial charge in [0.05, 0.1) is 0 Å². The third kappa shape index (κ3) is 2.83. The van der Waals surface area contributed by atoms with Crippen LogP contribution in [0.1, 0.15) is 45.7 Å². The summed E-state index contributed by atoms with van der Waals surface area (Å²) in [6.45, 7) is 11.0. The Morgan fingerprint density at radius 2 is 2.11 bits per heavy atom. The van der Waals surface area contributed by atoms with E-state index in [0.717, 1.165) is 23.8 Å². The molecule has 0 unspecified atom stereocenters. The average molecular weight is 268 g/mol. The molecule has 5 heteroatoms. The Hall–Kier alpha value is -0.680. The first kappa shape index (κ1) is 13.7. The molecule has 2 rings (SSSR count). The topological polar surface area (TPSA) is 41.1 Å². The van der Waals surface area contributed by atoms with Gasteiger partial charge in [-0.15, -0.1) is 5.10 Å². The summed E-state index contributed by atoms with van der Waals surface area (Å²) in [5, 5.41) is 8.75. The van der Waals surface area contributed by atoms with Crippen LogP contribution in [0.2, 0.25) is 0 Å². The summed E-state index contributed by atoms with van der Waals surface area (Å²) in [5.41, 5.74) is 1.66. The van der Waals surface area contributed by atoms with Gasteiger partial charge in [-0.05, 0) is 38.1 Å². The Morgan fingerprint density at radius 3 is 2.72 bits per heavy atom. The number of likely N-dealkylation sites (tertiary alicyclic amines) is 1. The molecule has 1 aliphatic rings. The molecule has 0 aromatic carbocycles. The van der Waals surface area contributed by atoms with E-state index in [1.807, 2.05) is 0 Å². The summed E-state index contributed by atoms with van der Waals surface area (Å²) < 4.78 is 4.06. The quantitative estimate of drug-likeness (QED) is 0.861. The molecule has 1 aliphatic heterocycles. The molecule has 0 aliphatic carbocycles. The zero-order valence-corrected chi connectivity index (χ0v) is 12.5. The highest BCUT2D eigenvalue weighted by atomic mass is 32.1. The number of nitrogens with zero attached hydrogens (tertiary/aromatic N) is 3. The molecular weight excluding hydrogens is 244 g/mol.